The summed E-state index contributed by atoms with van der Waals surface area (Å²) in [6.45, 7) is 1.86. The summed E-state index contributed by atoms with van der Waals surface area (Å²) in [5.74, 6) is -0.126. The number of rotatable bonds is 5. The van der Waals surface area contributed by atoms with E-state index in [-0.39, 0.29) is 17.5 Å². The maximum Gasteiger partial charge on any atom is 0.156 e. The van der Waals surface area contributed by atoms with Gasteiger partial charge in [0, 0.05) is 16.1 Å². The zero-order valence-corrected chi connectivity index (χ0v) is 11.8. The van der Waals surface area contributed by atoms with E-state index in [1.807, 2.05) is 6.92 Å². The molecule has 1 unspecified atom stereocenters. The van der Waals surface area contributed by atoms with E-state index in [0.29, 0.717) is 22.0 Å². The van der Waals surface area contributed by atoms with Gasteiger partial charge < -0.3 is 5.73 Å². The number of hydrogen-bond acceptors (Lipinski definition) is 3. The van der Waals surface area contributed by atoms with E-state index in [1.165, 1.54) is 6.07 Å². The molecule has 0 saturated heterocycles. The molecule has 1 atom stereocenters. The van der Waals surface area contributed by atoms with Crippen molar-refractivity contribution in [2.24, 2.45) is 5.73 Å². The standard InChI is InChI=1S/C11H15Cl2NO2S/c1-2-10(14)7-17(15,16)6-8-3-4-9(12)5-11(8)13/h3-5,10H,2,6-7,14H2,1H3. The third-order valence-electron chi connectivity index (χ3n) is 2.38. The highest BCUT2D eigenvalue weighted by atomic mass is 35.5. The predicted molar refractivity (Wildman–Crippen MR) is 72.2 cm³/mol. The van der Waals surface area contributed by atoms with Crippen LogP contribution in [0.4, 0.5) is 0 Å². The summed E-state index contributed by atoms with van der Waals surface area (Å²) in [5, 5.41) is 0.854. The van der Waals surface area contributed by atoms with Crippen molar-refractivity contribution in [1.29, 1.82) is 0 Å². The predicted octanol–water partition coefficient (Wildman–Crippen LogP) is 2.65. The fraction of sp³-hybridized carbons (Fsp3) is 0.455. The van der Waals surface area contributed by atoms with Crippen LogP contribution in [0.2, 0.25) is 10.0 Å². The van der Waals surface area contributed by atoms with Gasteiger partial charge in [-0.2, -0.15) is 0 Å². The molecular weight excluding hydrogens is 281 g/mol. The second-order valence-electron chi connectivity index (χ2n) is 3.96. The van der Waals surface area contributed by atoms with Crippen LogP contribution in [0.15, 0.2) is 18.2 Å². The van der Waals surface area contributed by atoms with Crippen molar-refractivity contribution in [3.8, 4) is 0 Å². The van der Waals surface area contributed by atoms with Crippen molar-refractivity contribution in [2.75, 3.05) is 5.75 Å². The molecule has 1 aromatic rings. The highest BCUT2D eigenvalue weighted by Gasteiger charge is 2.17. The van der Waals surface area contributed by atoms with Gasteiger partial charge in [0.1, 0.15) is 0 Å². The zero-order valence-electron chi connectivity index (χ0n) is 9.49. The number of hydrogen-bond donors (Lipinski definition) is 1. The molecule has 1 rings (SSSR count). The summed E-state index contributed by atoms with van der Waals surface area (Å²) in [4.78, 5) is 0. The van der Waals surface area contributed by atoms with E-state index in [9.17, 15) is 8.42 Å². The molecule has 0 aliphatic heterocycles. The minimum Gasteiger partial charge on any atom is -0.327 e. The highest BCUT2D eigenvalue weighted by molar-refractivity contribution is 7.90. The second-order valence-corrected chi connectivity index (χ2v) is 6.91. The Balaban J connectivity index is 2.83. The minimum atomic E-state index is -3.23. The number of halogens is 2. The molecule has 0 bridgehead atoms. The third-order valence-corrected chi connectivity index (χ3v) is 4.66. The van der Waals surface area contributed by atoms with Gasteiger partial charge in [0.25, 0.3) is 0 Å². The fourth-order valence-electron chi connectivity index (χ4n) is 1.38. The van der Waals surface area contributed by atoms with Gasteiger partial charge in [0.15, 0.2) is 9.84 Å². The van der Waals surface area contributed by atoms with Gasteiger partial charge in [-0.05, 0) is 24.1 Å². The fourth-order valence-corrected chi connectivity index (χ4v) is 3.66. The second kappa shape index (κ2) is 6.05. The van der Waals surface area contributed by atoms with Crippen molar-refractivity contribution in [2.45, 2.75) is 25.1 Å². The average Bonchev–Trinajstić information content (AvgIpc) is 2.21. The molecule has 2 N–H and O–H groups in total. The Morgan fingerprint density at radius 3 is 2.53 bits per heavy atom. The van der Waals surface area contributed by atoms with E-state index in [2.05, 4.69) is 0 Å². The lowest BCUT2D eigenvalue weighted by Crippen LogP contribution is -2.29. The van der Waals surface area contributed by atoms with Crippen LogP contribution in [-0.2, 0) is 15.6 Å². The molecule has 0 amide bonds. The molecule has 0 aromatic heterocycles. The quantitative estimate of drug-likeness (QED) is 0.908. The van der Waals surface area contributed by atoms with Gasteiger partial charge in [-0.15, -0.1) is 0 Å². The number of benzene rings is 1. The number of nitrogens with two attached hydrogens (primary N) is 1. The smallest absolute Gasteiger partial charge is 0.156 e. The van der Waals surface area contributed by atoms with Gasteiger partial charge in [-0.3, -0.25) is 0 Å². The molecule has 3 nitrogen and oxygen atoms in total. The van der Waals surface area contributed by atoms with Gasteiger partial charge in [-0.1, -0.05) is 36.2 Å². The van der Waals surface area contributed by atoms with E-state index in [1.54, 1.807) is 12.1 Å². The maximum atomic E-state index is 11.8. The first-order valence-corrected chi connectivity index (χ1v) is 7.81. The van der Waals surface area contributed by atoms with Crippen LogP contribution in [0.25, 0.3) is 0 Å². The molecule has 0 heterocycles. The summed E-state index contributed by atoms with van der Waals surface area (Å²) in [6, 6.07) is 4.46. The Labute approximate surface area is 112 Å². The van der Waals surface area contributed by atoms with Crippen molar-refractivity contribution in [1.82, 2.24) is 0 Å². The molecule has 0 radical (unpaired) electrons. The Kier molecular flexibility index (Phi) is 5.25. The molecule has 6 heteroatoms. The van der Waals surface area contributed by atoms with Crippen LogP contribution in [-0.4, -0.2) is 20.2 Å². The summed E-state index contributed by atoms with van der Waals surface area (Å²) >= 11 is 11.7. The SMILES string of the molecule is CCC(N)CS(=O)(=O)Cc1ccc(Cl)cc1Cl. The van der Waals surface area contributed by atoms with Gasteiger partial charge >= 0.3 is 0 Å². The van der Waals surface area contributed by atoms with E-state index in [4.69, 9.17) is 28.9 Å². The van der Waals surface area contributed by atoms with E-state index < -0.39 is 9.84 Å². The third kappa shape index (κ3) is 4.84. The maximum absolute atomic E-state index is 11.8. The van der Waals surface area contributed by atoms with Crippen molar-refractivity contribution < 1.29 is 8.42 Å². The zero-order chi connectivity index (χ0) is 13.1. The summed E-state index contributed by atoms with van der Waals surface area (Å²) in [7, 11) is -3.23. The molecular formula is C11H15Cl2NO2S. The van der Waals surface area contributed by atoms with E-state index in [0.717, 1.165) is 0 Å². The molecule has 0 aliphatic carbocycles. The first-order chi connectivity index (χ1) is 7.84. The highest BCUT2D eigenvalue weighted by Crippen LogP contribution is 2.23. The summed E-state index contributed by atoms with van der Waals surface area (Å²) in [5.41, 5.74) is 6.20. The van der Waals surface area contributed by atoms with Crippen LogP contribution < -0.4 is 5.73 Å². The van der Waals surface area contributed by atoms with Gasteiger partial charge in [-0.25, -0.2) is 8.42 Å². The Morgan fingerprint density at radius 1 is 1.35 bits per heavy atom. The molecule has 17 heavy (non-hydrogen) atoms. The van der Waals surface area contributed by atoms with Crippen LogP contribution in [0.5, 0.6) is 0 Å². The van der Waals surface area contributed by atoms with Crippen molar-refractivity contribution in [3.63, 3.8) is 0 Å². The van der Waals surface area contributed by atoms with Crippen molar-refractivity contribution >= 4 is 33.0 Å². The number of sulfone groups is 1. The molecule has 0 fully saturated rings. The first kappa shape index (κ1) is 14.8. The van der Waals surface area contributed by atoms with Crippen LogP contribution in [0, 0.1) is 0 Å². The lowest BCUT2D eigenvalue weighted by Gasteiger charge is -2.10. The van der Waals surface area contributed by atoms with Crippen LogP contribution >= 0.6 is 23.2 Å². The molecule has 0 aliphatic rings. The lowest BCUT2D eigenvalue weighted by atomic mass is 10.2. The Hall–Kier alpha value is -0.290. The summed E-state index contributed by atoms with van der Waals surface area (Å²) in [6.07, 6.45) is 0.633. The van der Waals surface area contributed by atoms with Gasteiger partial charge in [0.05, 0.1) is 11.5 Å². The first-order valence-electron chi connectivity index (χ1n) is 5.24. The van der Waals surface area contributed by atoms with Crippen LogP contribution in [0.3, 0.4) is 0 Å². The Morgan fingerprint density at radius 2 is 2.00 bits per heavy atom. The van der Waals surface area contributed by atoms with E-state index >= 15 is 0 Å². The molecule has 1 aromatic carbocycles. The largest absolute Gasteiger partial charge is 0.327 e. The molecule has 0 spiro atoms. The average molecular weight is 296 g/mol. The van der Waals surface area contributed by atoms with Gasteiger partial charge in [0.2, 0.25) is 0 Å². The molecule has 96 valence electrons. The van der Waals surface area contributed by atoms with Crippen molar-refractivity contribution in [3.05, 3.63) is 33.8 Å². The lowest BCUT2D eigenvalue weighted by molar-refractivity contribution is 0.583. The summed E-state index contributed by atoms with van der Waals surface area (Å²) < 4.78 is 23.7. The normalized spacial score (nSPS) is 13.6. The topological polar surface area (TPSA) is 60.2 Å². The molecule has 0 saturated carbocycles. The Bertz CT molecular complexity index is 488. The van der Waals surface area contributed by atoms with Crippen LogP contribution in [0.1, 0.15) is 18.9 Å². The monoisotopic (exact) mass is 295 g/mol. The minimum absolute atomic E-state index is 0.0253.